The minimum Gasteiger partial charge on any atom is -0.478 e. The van der Waals surface area contributed by atoms with Gasteiger partial charge in [-0.05, 0) is 48.7 Å². The molecule has 0 heterocycles. The second-order valence-electron chi connectivity index (χ2n) is 4.44. The summed E-state index contributed by atoms with van der Waals surface area (Å²) < 4.78 is 27.3. The van der Waals surface area contributed by atoms with E-state index in [-0.39, 0.29) is 0 Å². The number of carbonyl (C=O) groups is 1. The number of aryl methyl sites for hydroxylation is 2. The molecule has 0 aliphatic heterocycles. The van der Waals surface area contributed by atoms with E-state index < -0.39 is 23.2 Å². The van der Waals surface area contributed by atoms with Gasteiger partial charge >= 0.3 is 5.97 Å². The van der Waals surface area contributed by atoms with E-state index >= 15 is 0 Å². The normalized spacial score (nSPS) is 10.5. The Morgan fingerprint density at radius 1 is 1.05 bits per heavy atom. The van der Waals surface area contributed by atoms with Crippen molar-refractivity contribution < 1.29 is 18.7 Å². The summed E-state index contributed by atoms with van der Waals surface area (Å²) in [5.74, 6) is -2.65. The highest BCUT2D eigenvalue weighted by Gasteiger charge is 2.15. The van der Waals surface area contributed by atoms with Gasteiger partial charge in [-0.15, -0.1) is 0 Å². The Bertz CT molecular complexity index is 640. The number of halogens is 2. The second kappa shape index (κ2) is 4.80. The molecule has 0 fully saturated rings. The molecular weight excluding hydrogens is 250 g/mol. The van der Waals surface area contributed by atoms with Crippen LogP contribution in [0.1, 0.15) is 21.5 Å². The molecule has 2 nitrogen and oxygen atoms in total. The standard InChI is InChI=1S/C15H12F2O2/c1-8-5-9(2)14(13(17)6-8)10-3-4-12(16)11(7-10)15(18)19/h3-7H,1-2H3,(H,18,19). The summed E-state index contributed by atoms with van der Waals surface area (Å²) in [6.07, 6.45) is 0. The first-order valence-corrected chi connectivity index (χ1v) is 5.70. The van der Waals surface area contributed by atoms with E-state index in [2.05, 4.69) is 0 Å². The van der Waals surface area contributed by atoms with Crippen LogP contribution in [0.3, 0.4) is 0 Å². The van der Waals surface area contributed by atoms with Crippen LogP contribution >= 0.6 is 0 Å². The molecule has 0 saturated carbocycles. The molecule has 0 unspecified atom stereocenters. The maximum Gasteiger partial charge on any atom is 0.338 e. The zero-order valence-electron chi connectivity index (χ0n) is 10.5. The number of carboxylic acids is 1. The van der Waals surface area contributed by atoms with Crippen molar-refractivity contribution in [2.75, 3.05) is 0 Å². The molecule has 0 spiro atoms. The Balaban J connectivity index is 2.66. The summed E-state index contributed by atoms with van der Waals surface area (Å²) >= 11 is 0. The third kappa shape index (κ3) is 2.47. The van der Waals surface area contributed by atoms with Crippen LogP contribution in [0, 0.1) is 25.5 Å². The molecule has 0 aromatic heterocycles. The summed E-state index contributed by atoms with van der Waals surface area (Å²) in [4.78, 5) is 10.9. The number of hydrogen-bond acceptors (Lipinski definition) is 1. The number of aromatic carboxylic acids is 1. The van der Waals surface area contributed by atoms with Crippen molar-refractivity contribution in [2.24, 2.45) is 0 Å². The SMILES string of the molecule is Cc1cc(C)c(-c2ccc(F)c(C(=O)O)c2)c(F)c1. The third-order valence-electron chi connectivity index (χ3n) is 2.92. The van der Waals surface area contributed by atoms with Crippen molar-refractivity contribution in [1.29, 1.82) is 0 Å². The van der Waals surface area contributed by atoms with E-state index in [0.29, 0.717) is 16.7 Å². The third-order valence-corrected chi connectivity index (χ3v) is 2.92. The van der Waals surface area contributed by atoms with Crippen LogP contribution in [0.25, 0.3) is 11.1 Å². The summed E-state index contributed by atoms with van der Waals surface area (Å²) in [6, 6.07) is 6.73. The molecule has 0 radical (unpaired) electrons. The lowest BCUT2D eigenvalue weighted by atomic mass is 9.96. The van der Waals surface area contributed by atoms with Gasteiger partial charge in [-0.2, -0.15) is 0 Å². The molecule has 0 amide bonds. The maximum absolute atomic E-state index is 14.0. The Labute approximate surface area is 109 Å². The molecule has 2 aromatic rings. The first-order chi connectivity index (χ1) is 8.90. The fraction of sp³-hybridized carbons (Fsp3) is 0.133. The largest absolute Gasteiger partial charge is 0.478 e. The second-order valence-corrected chi connectivity index (χ2v) is 4.44. The van der Waals surface area contributed by atoms with Crippen LogP contribution in [-0.4, -0.2) is 11.1 Å². The lowest BCUT2D eigenvalue weighted by Gasteiger charge is -2.10. The van der Waals surface area contributed by atoms with E-state index in [4.69, 9.17) is 5.11 Å². The van der Waals surface area contributed by atoms with Crippen molar-refractivity contribution in [2.45, 2.75) is 13.8 Å². The minimum atomic E-state index is -1.37. The minimum absolute atomic E-state index is 0.299. The predicted molar refractivity (Wildman–Crippen MR) is 68.2 cm³/mol. The van der Waals surface area contributed by atoms with Gasteiger partial charge in [0.2, 0.25) is 0 Å². The molecule has 2 aromatic carbocycles. The van der Waals surface area contributed by atoms with Crippen LogP contribution in [-0.2, 0) is 0 Å². The van der Waals surface area contributed by atoms with Crippen molar-refractivity contribution in [3.05, 3.63) is 58.7 Å². The van der Waals surface area contributed by atoms with Gasteiger partial charge in [0.15, 0.2) is 0 Å². The molecule has 0 bridgehead atoms. The fourth-order valence-corrected chi connectivity index (χ4v) is 2.13. The van der Waals surface area contributed by atoms with Crippen LogP contribution < -0.4 is 0 Å². The molecule has 0 aliphatic carbocycles. The van der Waals surface area contributed by atoms with Gasteiger partial charge in [0.05, 0.1) is 5.56 Å². The van der Waals surface area contributed by atoms with E-state index in [1.165, 1.54) is 12.1 Å². The van der Waals surface area contributed by atoms with E-state index in [1.54, 1.807) is 19.9 Å². The van der Waals surface area contributed by atoms with Crippen molar-refractivity contribution >= 4 is 5.97 Å². The summed E-state index contributed by atoms with van der Waals surface area (Å²) in [5, 5.41) is 8.89. The quantitative estimate of drug-likeness (QED) is 0.889. The Hall–Kier alpha value is -2.23. The Morgan fingerprint density at radius 2 is 1.74 bits per heavy atom. The molecule has 0 saturated heterocycles. The molecular formula is C15H12F2O2. The number of carboxylic acid groups (broad SMARTS) is 1. The van der Waals surface area contributed by atoms with Crippen molar-refractivity contribution in [3.8, 4) is 11.1 Å². The van der Waals surface area contributed by atoms with Gasteiger partial charge < -0.3 is 5.11 Å². The van der Waals surface area contributed by atoms with Crippen molar-refractivity contribution in [3.63, 3.8) is 0 Å². The van der Waals surface area contributed by atoms with Crippen LogP contribution in [0.2, 0.25) is 0 Å². The van der Waals surface area contributed by atoms with E-state index in [0.717, 1.165) is 17.7 Å². The highest BCUT2D eigenvalue weighted by molar-refractivity contribution is 5.90. The Kier molecular flexibility index (Phi) is 3.34. The van der Waals surface area contributed by atoms with E-state index in [9.17, 15) is 13.6 Å². The summed E-state index contributed by atoms with van der Waals surface area (Å²) in [7, 11) is 0. The maximum atomic E-state index is 14.0. The van der Waals surface area contributed by atoms with Crippen molar-refractivity contribution in [1.82, 2.24) is 0 Å². The number of rotatable bonds is 2. The topological polar surface area (TPSA) is 37.3 Å². The lowest BCUT2D eigenvalue weighted by Crippen LogP contribution is -2.01. The van der Waals surface area contributed by atoms with Gasteiger partial charge in [0.1, 0.15) is 11.6 Å². The predicted octanol–water partition coefficient (Wildman–Crippen LogP) is 3.95. The molecule has 2 rings (SSSR count). The van der Waals surface area contributed by atoms with Gasteiger partial charge in [-0.1, -0.05) is 12.1 Å². The van der Waals surface area contributed by atoms with Crippen LogP contribution in [0.15, 0.2) is 30.3 Å². The lowest BCUT2D eigenvalue weighted by molar-refractivity contribution is 0.0692. The first kappa shape index (κ1) is 13.2. The van der Waals surface area contributed by atoms with Gasteiger partial charge in [0, 0.05) is 5.56 Å². The Morgan fingerprint density at radius 3 is 2.32 bits per heavy atom. The molecule has 1 N–H and O–H groups in total. The molecule has 0 atom stereocenters. The smallest absolute Gasteiger partial charge is 0.338 e. The van der Waals surface area contributed by atoms with Gasteiger partial charge in [-0.25, -0.2) is 13.6 Å². The summed E-state index contributed by atoms with van der Waals surface area (Å²) in [5.41, 5.74) is 1.65. The monoisotopic (exact) mass is 262 g/mol. The summed E-state index contributed by atoms with van der Waals surface area (Å²) in [6.45, 7) is 3.50. The average molecular weight is 262 g/mol. The zero-order chi connectivity index (χ0) is 14.2. The first-order valence-electron chi connectivity index (χ1n) is 5.70. The highest BCUT2D eigenvalue weighted by Crippen LogP contribution is 2.29. The van der Waals surface area contributed by atoms with Crippen LogP contribution in [0.4, 0.5) is 8.78 Å². The van der Waals surface area contributed by atoms with Crippen LogP contribution in [0.5, 0.6) is 0 Å². The molecule has 98 valence electrons. The zero-order valence-corrected chi connectivity index (χ0v) is 10.5. The van der Waals surface area contributed by atoms with Gasteiger partial charge in [-0.3, -0.25) is 0 Å². The highest BCUT2D eigenvalue weighted by atomic mass is 19.1. The molecule has 19 heavy (non-hydrogen) atoms. The fourth-order valence-electron chi connectivity index (χ4n) is 2.13. The average Bonchev–Trinajstić information content (AvgIpc) is 2.29. The van der Waals surface area contributed by atoms with Gasteiger partial charge in [0.25, 0.3) is 0 Å². The molecule has 4 heteroatoms. The number of hydrogen-bond donors (Lipinski definition) is 1. The van der Waals surface area contributed by atoms with E-state index in [1.807, 2.05) is 0 Å². The molecule has 0 aliphatic rings. The number of benzene rings is 2.